The molecule has 0 saturated heterocycles. The van der Waals surface area contributed by atoms with E-state index >= 15 is 0 Å². The summed E-state index contributed by atoms with van der Waals surface area (Å²) >= 11 is 1.36. The van der Waals surface area contributed by atoms with Crippen molar-refractivity contribution in [3.8, 4) is 0 Å². The predicted molar refractivity (Wildman–Crippen MR) is 64.0 cm³/mol. The molecule has 0 aliphatic heterocycles. The van der Waals surface area contributed by atoms with Crippen molar-refractivity contribution in [3.63, 3.8) is 0 Å². The van der Waals surface area contributed by atoms with E-state index in [1.165, 1.54) is 11.8 Å². The van der Waals surface area contributed by atoms with E-state index in [4.69, 9.17) is 10.2 Å². The van der Waals surface area contributed by atoms with Crippen LogP contribution >= 0.6 is 11.8 Å². The van der Waals surface area contributed by atoms with Crippen molar-refractivity contribution < 1.29 is 24.6 Å². The third kappa shape index (κ3) is 6.15. The number of nitrogens with one attached hydrogen (secondary N) is 1. The number of carbonyl (C=O) groups excluding carboxylic acids is 1. The molecular formula is C10H17NO5S. The highest BCUT2D eigenvalue weighted by Crippen LogP contribution is 2.22. The highest BCUT2D eigenvalue weighted by molar-refractivity contribution is 7.99. The Morgan fingerprint density at radius 3 is 2.41 bits per heavy atom. The van der Waals surface area contributed by atoms with Crippen LogP contribution in [-0.4, -0.2) is 46.1 Å². The molecule has 17 heavy (non-hydrogen) atoms. The van der Waals surface area contributed by atoms with Gasteiger partial charge in [-0.25, -0.2) is 4.79 Å². The summed E-state index contributed by atoms with van der Waals surface area (Å²) in [5, 5.41) is 19.8. The first-order valence-corrected chi connectivity index (χ1v) is 6.20. The Morgan fingerprint density at radius 1 is 1.41 bits per heavy atom. The number of amides is 1. The average molecular weight is 263 g/mol. The Morgan fingerprint density at radius 2 is 2.00 bits per heavy atom. The zero-order valence-electron chi connectivity index (χ0n) is 9.80. The van der Waals surface area contributed by atoms with Crippen molar-refractivity contribution in [1.82, 2.24) is 5.32 Å². The van der Waals surface area contributed by atoms with E-state index in [9.17, 15) is 14.4 Å². The molecule has 0 aromatic carbocycles. The molecule has 0 bridgehead atoms. The standard InChI is InChI=1S/C10H17NO5S/c1-10(2,9(15)16)5-17-4-3-7(8(13)14)11-6-12/h6-7H,3-5H2,1-2H3,(H,11,12)(H,13,14)(H,15,16). The Kier molecular flexibility index (Phi) is 6.64. The second-order valence-corrected chi connectivity index (χ2v) is 5.31. The molecule has 0 heterocycles. The fourth-order valence-corrected chi connectivity index (χ4v) is 2.13. The lowest BCUT2D eigenvalue weighted by Gasteiger charge is -2.18. The molecule has 1 amide bonds. The van der Waals surface area contributed by atoms with Gasteiger partial charge in [0.25, 0.3) is 0 Å². The van der Waals surface area contributed by atoms with E-state index < -0.39 is 23.4 Å². The summed E-state index contributed by atoms with van der Waals surface area (Å²) in [7, 11) is 0. The van der Waals surface area contributed by atoms with Gasteiger partial charge in [0.1, 0.15) is 6.04 Å². The molecule has 0 fully saturated rings. The van der Waals surface area contributed by atoms with Gasteiger partial charge < -0.3 is 15.5 Å². The molecule has 0 aliphatic rings. The van der Waals surface area contributed by atoms with Crippen LogP contribution in [0.25, 0.3) is 0 Å². The van der Waals surface area contributed by atoms with Crippen LogP contribution in [0.5, 0.6) is 0 Å². The molecule has 0 spiro atoms. The molecule has 0 rings (SSSR count). The lowest BCUT2D eigenvalue weighted by Crippen LogP contribution is -2.36. The van der Waals surface area contributed by atoms with Crippen LogP contribution < -0.4 is 5.32 Å². The van der Waals surface area contributed by atoms with Gasteiger partial charge in [-0.05, 0) is 26.0 Å². The molecule has 98 valence electrons. The topological polar surface area (TPSA) is 104 Å². The molecule has 0 saturated carbocycles. The third-order valence-corrected chi connectivity index (χ3v) is 3.61. The summed E-state index contributed by atoms with van der Waals surface area (Å²) in [4.78, 5) is 31.6. The summed E-state index contributed by atoms with van der Waals surface area (Å²) in [6.07, 6.45) is 0.624. The van der Waals surface area contributed by atoms with Gasteiger partial charge in [0.15, 0.2) is 0 Å². The molecule has 7 heteroatoms. The number of hydrogen-bond acceptors (Lipinski definition) is 4. The first-order valence-electron chi connectivity index (χ1n) is 5.05. The lowest BCUT2D eigenvalue weighted by atomic mass is 9.97. The molecule has 3 N–H and O–H groups in total. The van der Waals surface area contributed by atoms with Crippen molar-refractivity contribution in [3.05, 3.63) is 0 Å². The van der Waals surface area contributed by atoms with E-state index in [0.717, 1.165) is 0 Å². The summed E-state index contributed by atoms with van der Waals surface area (Å²) in [6.45, 7) is 3.22. The molecule has 0 aromatic rings. The summed E-state index contributed by atoms with van der Waals surface area (Å²) in [5.74, 6) is -1.09. The average Bonchev–Trinajstić information content (AvgIpc) is 2.22. The lowest BCUT2D eigenvalue weighted by molar-refractivity contribution is -0.145. The van der Waals surface area contributed by atoms with Gasteiger partial charge in [-0.3, -0.25) is 9.59 Å². The Balaban J connectivity index is 3.94. The maximum Gasteiger partial charge on any atom is 0.326 e. The number of thioether (sulfide) groups is 1. The molecular weight excluding hydrogens is 246 g/mol. The zero-order chi connectivity index (χ0) is 13.5. The van der Waals surface area contributed by atoms with Crippen LogP contribution in [0.3, 0.4) is 0 Å². The maximum absolute atomic E-state index is 10.8. The minimum atomic E-state index is -1.09. The highest BCUT2D eigenvalue weighted by Gasteiger charge is 2.27. The molecule has 6 nitrogen and oxygen atoms in total. The van der Waals surface area contributed by atoms with Crippen molar-refractivity contribution >= 4 is 30.1 Å². The second-order valence-electron chi connectivity index (χ2n) is 4.21. The van der Waals surface area contributed by atoms with Gasteiger partial charge in [0.05, 0.1) is 5.41 Å². The van der Waals surface area contributed by atoms with Gasteiger partial charge in [-0.2, -0.15) is 11.8 Å². The van der Waals surface area contributed by atoms with E-state index in [-0.39, 0.29) is 6.42 Å². The molecule has 1 atom stereocenters. The first kappa shape index (κ1) is 15.8. The van der Waals surface area contributed by atoms with Gasteiger partial charge in [0, 0.05) is 5.75 Å². The quantitative estimate of drug-likeness (QED) is 0.411. The number of carbonyl (C=O) groups is 3. The fraction of sp³-hybridized carbons (Fsp3) is 0.700. The minimum Gasteiger partial charge on any atom is -0.481 e. The van der Waals surface area contributed by atoms with E-state index in [0.29, 0.717) is 17.9 Å². The molecule has 1 unspecified atom stereocenters. The van der Waals surface area contributed by atoms with Gasteiger partial charge in [-0.1, -0.05) is 0 Å². The number of carboxylic acid groups (broad SMARTS) is 2. The predicted octanol–water partition coefficient (Wildman–Crippen LogP) is 0.420. The van der Waals surface area contributed by atoms with Crippen LogP contribution in [-0.2, 0) is 14.4 Å². The van der Waals surface area contributed by atoms with Gasteiger partial charge in [-0.15, -0.1) is 0 Å². The first-order chi connectivity index (χ1) is 7.81. The maximum atomic E-state index is 10.8. The zero-order valence-corrected chi connectivity index (χ0v) is 10.6. The smallest absolute Gasteiger partial charge is 0.326 e. The van der Waals surface area contributed by atoms with Crippen molar-refractivity contribution in [2.45, 2.75) is 26.3 Å². The van der Waals surface area contributed by atoms with Crippen molar-refractivity contribution in [2.24, 2.45) is 5.41 Å². The number of rotatable bonds is 9. The molecule has 0 aliphatic carbocycles. The summed E-state index contributed by atoms with van der Waals surface area (Å²) in [6, 6.07) is -0.909. The van der Waals surface area contributed by atoms with Crippen LogP contribution in [0, 0.1) is 5.41 Å². The summed E-state index contributed by atoms with van der Waals surface area (Å²) in [5.41, 5.74) is -0.832. The minimum absolute atomic E-state index is 0.272. The van der Waals surface area contributed by atoms with E-state index in [1.54, 1.807) is 13.8 Å². The fourth-order valence-electron chi connectivity index (χ4n) is 0.950. The van der Waals surface area contributed by atoms with E-state index in [2.05, 4.69) is 5.32 Å². The third-order valence-electron chi connectivity index (χ3n) is 2.16. The summed E-state index contributed by atoms with van der Waals surface area (Å²) < 4.78 is 0. The Bertz CT molecular complexity index is 292. The largest absolute Gasteiger partial charge is 0.481 e. The number of hydrogen-bond donors (Lipinski definition) is 3. The Hall–Kier alpha value is -1.24. The second kappa shape index (κ2) is 7.16. The monoisotopic (exact) mass is 263 g/mol. The normalized spacial score (nSPS) is 12.8. The van der Waals surface area contributed by atoms with Gasteiger partial charge >= 0.3 is 11.9 Å². The van der Waals surface area contributed by atoms with Crippen molar-refractivity contribution in [1.29, 1.82) is 0 Å². The number of aliphatic carboxylic acids is 2. The molecule has 0 radical (unpaired) electrons. The number of carboxylic acids is 2. The van der Waals surface area contributed by atoms with E-state index in [1.807, 2.05) is 0 Å². The van der Waals surface area contributed by atoms with Crippen LogP contribution in [0.2, 0.25) is 0 Å². The van der Waals surface area contributed by atoms with Crippen LogP contribution in [0.4, 0.5) is 0 Å². The van der Waals surface area contributed by atoms with Crippen LogP contribution in [0.1, 0.15) is 20.3 Å². The van der Waals surface area contributed by atoms with Gasteiger partial charge in [0.2, 0.25) is 6.41 Å². The highest BCUT2D eigenvalue weighted by atomic mass is 32.2. The molecule has 0 aromatic heterocycles. The van der Waals surface area contributed by atoms with Crippen molar-refractivity contribution in [2.75, 3.05) is 11.5 Å². The van der Waals surface area contributed by atoms with Crippen LogP contribution in [0.15, 0.2) is 0 Å². The Labute approximate surface area is 104 Å². The SMILES string of the molecule is CC(C)(CSCCC(NC=O)C(=O)O)C(=O)O.